The van der Waals surface area contributed by atoms with E-state index in [1.165, 1.54) is 0 Å². The van der Waals surface area contributed by atoms with Crippen molar-refractivity contribution in [2.45, 2.75) is 13.3 Å². The van der Waals surface area contributed by atoms with Gasteiger partial charge < -0.3 is 9.84 Å². The fourth-order valence-corrected chi connectivity index (χ4v) is 2.74. The molecule has 0 spiro atoms. The van der Waals surface area contributed by atoms with Gasteiger partial charge in [-0.15, -0.1) is 0 Å². The Bertz CT molecular complexity index is 1090. The Morgan fingerprint density at radius 1 is 1.04 bits per heavy atom. The fourth-order valence-electron chi connectivity index (χ4n) is 2.74. The minimum Gasteiger partial charge on any atom is -0.352 e. The Morgan fingerprint density at radius 3 is 2.64 bits per heavy atom. The molecule has 8 heteroatoms. The van der Waals surface area contributed by atoms with E-state index in [1.807, 2.05) is 36.4 Å². The third-order valence-corrected chi connectivity index (χ3v) is 4.12. The van der Waals surface area contributed by atoms with Crippen molar-refractivity contribution in [3.05, 3.63) is 71.9 Å². The van der Waals surface area contributed by atoms with Crippen LogP contribution in [-0.2, 0) is 6.42 Å². The van der Waals surface area contributed by atoms with Crippen LogP contribution in [0.3, 0.4) is 0 Å². The molecule has 2 aromatic carbocycles. The standard InChI is InChI=1S/C20H18N6O2/c1-13-22-19(26-28-13)15-8-5-9-16(12-15)20(27)21-11-10-17-23-18(25-24-17)14-6-3-2-4-7-14/h2-9,12H,10-11H2,1H3,(H,21,27)(H,23,24,25). The predicted molar refractivity (Wildman–Crippen MR) is 102 cm³/mol. The van der Waals surface area contributed by atoms with Gasteiger partial charge >= 0.3 is 0 Å². The summed E-state index contributed by atoms with van der Waals surface area (Å²) in [6.07, 6.45) is 0.551. The molecule has 0 bridgehead atoms. The first-order valence-corrected chi connectivity index (χ1v) is 8.85. The van der Waals surface area contributed by atoms with Gasteiger partial charge in [-0.2, -0.15) is 10.1 Å². The summed E-state index contributed by atoms with van der Waals surface area (Å²) in [5.74, 6) is 2.12. The Balaban J connectivity index is 1.36. The number of carbonyl (C=O) groups excluding carboxylic acids is 1. The molecular formula is C20H18N6O2. The normalized spacial score (nSPS) is 10.8. The van der Waals surface area contributed by atoms with Crippen LogP contribution in [-0.4, -0.2) is 37.8 Å². The molecule has 0 unspecified atom stereocenters. The lowest BCUT2D eigenvalue weighted by Crippen LogP contribution is -2.26. The van der Waals surface area contributed by atoms with Crippen molar-refractivity contribution >= 4 is 5.91 Å². The van der Waals surface area contributed by atoms with Gasteiger partial charge in [0, 0.05) is 36.6 Å². The number of hydrogen-bond donors (Lipinski definition) is 2. The van der Waals surface area contributed by atoms with Crippen LogP contribution in [0.15, 0.2) is 59.1 Å². The average Bonchev–Trinajstić information content (AvgIpc) is 3.38. The first kappa shape index (κ1) is 17.6. The monoisotopic (exact) mass is 374 g/mol. The summed E-state index contributed by atoms with van der Waals surface area (Å²) in [6, 6.07) is 16.8. The van der Waals surface area contributed by atoms with Crippen molar-refractivity contribution in [3.63, 3.8) is 0 Å². The van der Waals surface area contributed by atoms with Crippen LogP contribution >= 0.6 is 0 Å². The summed E-state index contributed by atoms with van der Waals surface area (Å²) in [7, 11) is 0. The molecule has 8 nitrogen and oxygen atoms in total. The third kappa shape index (κ3) is 3.96. The summed E-state index contributed by atoms with van der Waals surface area (Å²) in [5, 5.41) is 13.9. The maximum absolute atomic E-state index is 12.4. The predicted octanol–water partition coefficient (Wildman–Crippen LogP) is 2.80. The molecule has 1 amide bonds. The summed E-state index contributed by atoms with van der Waals surface area (Å²) >= 11 is 0. The number of aromatic amines is 1. The van der Waals surface area contributed by atoms with Crippen LogP contribution in [0.4, 0.5) is 0 Å². The number of nitrogens with one attached hydrogen (secondary N) is 2. The number of carbonyl (C=O) groups is 1. The van der Waals surface area contributed by atoms with Gasteiger partial charge in [0.15, 0.2) is 5.82 Å². The first-order chi connectivity index (χ1) is 13.7. The lowest BCUT2D eigenvalue weighted by Gasteiger charge is -2.05. The van der Waals surface area contributed by atoms with Crippen molar-refractivity contribution in [1.29, 1.82) is 0 Å². The molecule has 0 saturated heterocycles. The highest BCUT2D eigenvalue weighted by atomic mass is 16.5. The molecule has 2 aromatic heterocycles. The summed E-state index contributed by atoms with van der Waals surface area (Å²) in [6.45, 7) is 2.16. The van der Waals surface area contributed by atoms with Crippen molar-refractivity contribution < 1.29 is 9.32 Å². The van der Waals surface area contributed by atoms with Gasteiger partial charge in [-0.05, 0) is 12.1 Å². The molecule has 4 aromatic rings. The smallest absolute Gasteiger partial charge is 0.251 e. The number of benzene rings is 2. The topological polar surface area (TPSA) is 110 Å². The number of rotatable bonds is 6. The molecular weight excluding hydrogens is 356 g/mol. The van der Waals surface area contributed by atoms with E-state index in [4.69, 9.17) is 4.52 Å². The van der Waals surface area contributed by atoms with Crippen LogP contribution in [0.1, 0.15) is 22.1 Å². The maximum Gasteiger partial charge on any atom is 0.251 e. The van der Waals surface area contributed by atoms with Gasteiger partial charge in [-0.25, -0.2) is 4.98 Å². The lowest BCUT2D eigenvalue weighted by molar-refractivity contribution is 0.0954. The van der Waals surface area contributed by atoms with E-state index < -0.39 is 0 Å². The molecule has 0 saturated carbocycles. The number of nitrogens with zero attached hydrogens (tertiary/aromatic N) is 4. The number of amides is 1. The van der Waals surface area contributed by atoms with Crippen molar-refractivity contribution in [2.24, 2.45) is 0 Å². The van der Waals surface area contributed by atoms with Crippen molar-refractivity contribution in [3.8, 4) is 22.8 Å². The quantitative estimate of drug-likeness (QED) is 0.537. The number of H-pyrrole nitrogens is 1. The highest BCUT2D eigenvalue weighted by molar-refractivity contribution is 5.95. The largest absolute Gasteiger partial charge is 0.352 e. The first-order valence-electron chi connectivity index (χ1n) is 8.85. The molecule has 0 aliphatic carbocycles. The number of hydrogen-bond acceptors (Lipinski definition) is 6. The second-order valence-corrected chi connectivity index (χ2v) is 6.20. The van der Waals surface area contributed by atoms with Gasteiger partial charge in [-0.1, -0.05) is 47.6 Å². The molecule has 2 N–H and O–H groups in total. The summed E-state index contributed by atoms with van der Waals surface area (Å²) in [5.41, 5.74) is 2.21. The van der Waals surface area contributed by atoms with Crippen LogP contribution < -0.4 is 5.32 Å². The Morgan fingerprint density at radius 2 is 1.86 bits per heavy atom. The highest BCUT2D eigenvalue weighted by Gasteiger charge is 2.11. The van der Waals surface area contributed by atoms with Gasteiger partial charge in [0.1, 0.15) is 5.82 Å². The minimum absolute atomic E-state index is 0.176. The zero-order chi connectivity index (χ0) is 19.3. The molecule has 0 fully saturated rings. The average molecular weight is 374 g/mol. The van der Waals surface area contributed by atoms with Crippen LogP contribution in [0.5, 0.6) is 0 Å². The summed E-state index contributed by atoms with van der Waals surface area (Å²) in [4.78, 5) is 21.1. The molecule has 0 radical (unpaired) electrons. The van der Waals surface area contributed by atoms with Crippen molar-refractivity contribution in [2.75, 3.05) is 6.54 Å². The van der Waals surface area contributed by atoms with E-state index in [-0.39, 0.29) is 5.91 Å². The molecule has 0 aliphatic heterocycles. The lowest BCUT2D eigenvalue weighted by atomic mass is 10.1. The van der Waals surface area contributed by atoms with E-state index in [0.29, 0.717) is 36.1 Å². The molecule has 2 heterocycles. The second kappa shape index (κ2) is 7.83. The van der Waals surface area contributed by atoms with Gasteiger partial charge in [0.05, 0.1) is 0 Å². The van der Waals surface area contributed by atoms with E-state index in [9.17, 15) is 4.79 Å². The van der Waals surface area contributed by atoms with Crippen LogP contribution in [0, 0.1) is 6.92 Å². The molecule has 28 heavy (non-hydrogen) atoms. The van der Waals surface area contributed by atoms with Crippen molar-refractivity contribution in [1.82, 2.24) is 30.6 Å². The third-order valence-electron chi connectivity index (χ3n) is 4.12. The van der Waals surface area contributed by atoms with Gasteiger partial charge in [0.2, 0.25) is 11.7 Å². The fraction of sp³-hybridized carbons (Fsp3) is 0.150. The number of aromatic nitrogens is 5. The Hall–Kier alpha value is -3.81. The van der Waals surface area contributed by atoms with Crippen LogP contribution in [0.2, 0.25) is 0 Å². The highest BCUT2D eigenvalue weighted by Crippen LogP contribution is 2.17. The molecule has 140 valence electrons. The zero-order valence-electron chi connectivity index (χ0n) is 15.2. The Labute approximate surface area is 161 Å². The van der Waals surface area contributed by atoms with E-state index in [0.717, 1.165) is 17.0 Å². The van der Waals surface area contributed by atoms with Gasteiger partial charge in [0.25, 0.3) is 5.91 Å². The minimum atomic E-state index is -0.176. The second-order valence-electron chi connectivity index (χ2n) is 6.20. The SMILES string of the molecule is Cc1nc(-c2cccc(C(=O)NCCc3nc(-c4ccccc4)n[nH]3)c2)no1. The zero-order valence-corrected chi connectivity index (χ0v) is 15.2. The van der Waals surface area contributed by atoms with E-state index in [2.05, 4.69) is 30.6 Å². The summed E-state index contributed by atoms with van der Waals surface area (Å²) < 4.78 is 4.99. The van der Waals surface area contributed by atoms with Gasteiger partial charge in [-0.3, -0.25) is 9.89 Å². The number of aryl methyl sites for hydroxylation is 1. The van der Waals surface area contributed by atoms with E-state index in [1.54, 1.807) is 25.1 Å². The van der Waals surface area contributed by atoms with E-state index >= 15 is 0 Å². The molecule has 4 rings (SSSR count). The maximum atomic E-state index is 12.4. The molecule has 0 atom stereocenters. The molecule has 0 aliphatic rings. The van der Waals surface area contributed by atoms with Crippen LogP contribution in [0.25, 0.3) is 22.8 Å². The Kier molecular flexibility index (Phi) is 4.92.